The van der Waals surface area contributed by atoms with Gasteiger partial charge in [0, 0.05) is 30.8 Å². The Labute approximate surface area is 254 Å². The van der Waals surface area contributed by atoms with Crippen LogP contribution in [0.25, 0.3) is 0 Å². The third-order valence-corrected chi connectivity index (χ3v) is 14.1. The lowest BCUT2D eigenvalue weighted by Crippen LogP contribution is -2.54. The average molecular weight is 594 g/mol. The summed E-state index contributed by atoms with van der Waals surface area (Å²) < 4.78 is 5.89. The van der Waals surface area contributed by atoms with Gasteiger partial charge < -0.3 is 4.74 Å². The molecule has 2 saturated heterocycles. The van der Waals surface area contributed by atoms with Crippen molar-refractivity contribution in [1.29, 1.82) is 0 Å². The van der Waals surface area contributed by atoms with Crippen LogP contribution in [0.1, 0.15) is 102 Å². The highest BCUT2D eigenvalue weighted by Crippen LogP contribution is 2.70. The largest absolute Gasteiger partial charge is 0.459 e. The van der Waals surface area contributed by atoms with Gasteiger partial charge in [0.15, 0.2) is 0 Å². The molecular weight excluding hydrogens is 546 g/mol. The standard InChI is InChI=1S/C34H47N3O6/c1-19-5-8-29-20(2)31-30(35(29)18-19)17-28-26-7-6-22-15-25(9-11-33(22,3)27(26)10-12-34(28,31)4)43-32(38)21-13-23(36(39)40)16-24(14-21)37(41)42/h13-14,16,19-20,22,25-31H,5-12,15,17-18H2,1-4H3. The zero-order valence-corrected chi connectivity index (χ0v) is 26.1. The Morgan fingerprint density at radius 2 is 1.56 bits per heavy atom. The van der Waals surface area contributed by atoms with Crippen LogP contribution in [0.5, 0.6) is 0 Å². The van der Waals surface area contributed by atoms with Crippen molar-refractivity contribution in [3.63, 3.8) is 0 Å². The van der Waals surface area contributed by atoms with Gasteiger partial charge in [0.1, 0.15) is 6.10 Å². The van der Waals surface area contributed by atoms with E-state index in [1.54, 1.807) is 0 Å². The molecule has 9 nitrogen and oxygen atoms in total. The molecule has 0 amide bonds. The van der Waals surface area contributed by atoms with Crippen molar-refractivity contribution in [1.82, 2.24) is 4.90 Å². The number of hydrogen-bond donors (Lipinski definition) is 0. The smallest absolute Gasteiger partial charge is 0.338 e. The summed E-state index contributed by atoms with van der Waals surface area (Å²) in [5.74, 6) is 4.52. The second-order valence-electron chi connectivity index (χ2n) is 15.9. The van der Waals surface area contributed by atoms with Gasteiger partial charge in [0.2, 0.25) is 0 Å². The third kappa shape index (κ3) is 4.45. The van der Waals surface area contributed by atoms with E-state index >= 15 is 0 Å². The van der Waals surface area contributed by atoms with E-state index < -0.39 is 27.2 Å². The highest BCUT2D eigenvalue weighted by Gasteiger charge is 2.67. The number of esters is 1. The highest BCUT2D eigenvalue weighted by atomic mass is 16.6. The number of nitro benzene ring substituents is 2. The number of rotatable bonds is 4. The lowest BCUT2D eigenvalue weighted by Gasteiger charge is -2.61. The van der Waals surface area contributed by atoms with Gasteiger partial charge >= 0.3 is 5.97 Å². The molecule has 4 saturated carbocycles. The van der Waals surface area contributed by atoms with Gasteiger partial charge in [-0.25, -0.2) is 4.79 Å². The highest BCUT2D eigenvalue weighted by molar-refractivity contribution is 5.91. The molecule has 7 rings (SSSR count). The first-order valence-electron chi connectivity index (χ1n) is 16.8. The SMILES string of the molecule is CC1CCC2C(C)C3C(CC4C5CCC6CC(OC(=O)c7cc([N+](=O)[O-])cc([N+](=O)[O-])c7)CCC6(C)C5CCC43C)N2C1. The minimum absolute atomic E-state index is 0.129. The van der Waals surface area contributed by atoms with E-state index in [-0.39, 0.29) is 17.1 Å². The lowest BCUT2D eigenvalue weighted by molar-refractivity contribution is -0.394. The Kier molecular flexibility index (Phi) is 6.95. The molecule has 12 unspecified atom stereocenters. The summed E-state index contributed by atoms with van der Waals surface area (Å²) in [7, 11) is 0. The quantitative estimate of drug-likeness (QED) is 0.203. The summed E-state index contributed by atoms with van der Waals surface area (Å²) >= 11 is 0. The third-order valence-electron chi connectivity index (χ3n) is 14.1. The first-order valence-corrected chi connectivity index (χ1v) is 16.8. The van der Waals surface area contributed by atoms with Crippen molar-refractivity contribution < 1.29 is 19.4 Å². The van der Waals surface area contributed by atoms with Crippen LogP contribution in [-0.4, -0.2) is 45.4 Å². The van der Waals surface area contributed by atoms with E-state index in [0.717, 1.165) is 85.6 Å². The number of hydrogen-bond acceptors (Lipinski definition) is 7. The molecule has 43 heavy (non-hydrogen) atoms. The van der Waals surface area contributed by atoms with E-state index in [1.165, 1.54) is 45.1 Å². The van der Waals surface area contributed by atoms with Gasteiger partial charge in [0.25, 0.3) is 11.4 Å². The molecule has 9 heteroatoms. The van der Waals surface area contributed by atoms with Gasteiger partial charge in [-0.2, -0.15) is 0 Å². The molecule has 0 aromatic heterocycles. The molecule has 1 aromatic rings. The van der Waals surface area contributed by atoms with E-state index in [0.29, 0.717) is 17.3 Å². The fourth-order valence-electron chi connectivity index (χ4n) is 12.2. The molecule has 6 fully saturated rings. The summed E-state index contributed by atoms with van der Waals surface area (Å²) in [5.41, 5.74) is -0.395. The van der Waals surface area contributed by atoms with Crippen LogP contribution < -0.4 is 0 Å². The van der Waals surface area contributed by atoms with Crippen LogP contribution >= 0.6 is 0 Å². The zero-order valence-electron chi connectivity index (χ0n) is 26.1. The van der Waals surface area contributed by atoms with Crippen molar-refractivity contribution in [2.75, 3.05) is 6.54 Å². The van der Waals surface area contributed by atoms with Gasteiger partial charge in [-0.3, -0.25) is 25.1 Å². The summed E-state index contributed by atoms with van der Waals surface area (Å²) in [6.45, 7) is 11.5. The number of non-ortho nitro benzene ring substituents is 2. The lowest BCUT2D eigenvalue weighted by atomic mass is 9.44. The summed E-state index contributed by atoms with van der Waals surface area (Å²) in [4.78, 5) is 37.2. The van der Waals surface area contributed by atoms with E-state index in [2.05, 4.69) is 32.6 Å². The molecule has 1 aromatic carbocycles. The van der Waals surface area contributed by atoms with Crippen molar-refractivity contribution in [2.45, 2.75) is 110 Å². The second kappa shape index (κ2) is 10.2. The Morgan fingerprint density at radius 3 is 2.26 bits per heavy atom. The van der Waals surface area contributed by atoms with E-state index in [4.69, 9.17) is 4.74 Å². The Balaban J connectivity index is 1.05. The van der Waals surface area contributed by atoms with Crippen molar-refractivity contribution in [2.24, 2.45) is 52.3 Å². The molecule has 6 aliphatic rings. The van der Waals surface area contributed by atoms with Crippen LogP contribution in [0.15, 0.2) is 18.2 Å². The van der Waals surface area contributed by atoms with Gasteiger partial charge in [-0.1, -0.05) is 27.7 Å². The maximum absolute atomic E-state index is 13.1. The summed E-state index contributed by atoms with van der Waals surface area (Å²) in [6, 6.07) is 4.59. The maximum Gasteiger partial charge on any atom is 0.338 e. The number of nitrogens with zero attached hydrogens (tertiary/aromatic N) is 3. The normalized spacial score (nSPS) is 45.2. The topological polar surface area (TPSA) is 116 Å². The van der Waals surface area contributed by atoms with Crippen molar-refractivity contribution in [3.8, 4) is 0 Å². The second-order valence-corrected chi connectivity index (χ2v) is 15.9. The van der Waals surface area contributed by atoms with Crippen molar-refractivity contribution in [3.05, 3.63) is 44.0 Å². The average Bonchev–Trinajstić information content (AvgIpc) is 3.44. The fraction of sp³-hybridized carbons (Fsp3) is 0.794. The Morgan fingerprint density at radius 1 is 0.860 bits per heavy atom. The number of nitro groups is 2. The predicted molar refractivity (Wildman–Crippen MR) is 161 cm³/mol. The van der Waals surface area contributed by atoms with Crippen LogP contribution in [0.2, 0.25) is 0 Å². The molecule has 0 N–H and O–H groups in total. The molecule has 0 bridgehead atoms. The van der Waals surface area contributed by atoms with Crippen LogP contribution in [-0.2, 0) is 4.74 Å². The summed E-state index contributed by atoms with van der Waals surface area (Å²) in [5, 5.41) is 22.6. The minimum atomic E-state index is -0.715. The van der Waals surface area contributed by atoms with Crippen LogP contribution in [0, 0.1) is 72.5 Å². The van der Waals surface area contributed by atoms with Crippen molar-refractivity contribution >= 4 is 17.3 Å². The number of piperidine rings is 1. The molecule has 0 radical (unpaired) electrons. The first-order chi connectivity index (χ1) is 20.4. The number of ether oxygens (including phenoxy) is 1. The zero-order chi connectivity index (χ0) is 30.4. The van der Waals surface area contributed by atoms with Gasteiger partial charge in [-0.05, 0) is 116 Å². The molecule has 0 spiro atoms. The molecule has 12 atom stereocenters. The first kappa shape index (κ1) is 29.2. The Hall–Kier alpha value is -2.55. The van der Waals surface area contributed by atoms with E-state index in [9.17, 15) is 25.0 Å². The molecule has 2 heterocycles. The molecule has 4 aliphatic carbocycles. The fourth-order valence-corrected chi connectivity index (χ4v) is 12.2. The minimum Gasteiger partial charge on any atom is -0.459 e. The van der Waals surface area contributed by atoms with Crippen LogP contribution in [0.3, 0.4) is 0 Å². The van der Waals surface area contributed by atoms with E-state index in [1.807, 2.05) is 0 Å². The van der Waals surface area contributed by atoms with Gasteiger partial charge in [-0.15, -0.1) is 0 Å². The summed E-state index contributed by atoms with van der Waals surface area (Å²) in [6.07, 6.45) is 11.6. The number of fused-ring (bicyclic) bond motifs is 9. The molecular formula is C34H47N3O6. The number of carbonyl (C=O) groups excluding carboxylic acids is 1. The van der Waals surface area contributed by atoms with Crippen LogP contribution in [0.4, 0.5) is 11.4 Å². The van der Waals surface area contributed by atoms with Gasteiger partial charge in [0.05, 0.1) is 21.5 Å². The monoisotopic (exact) mass is 593 g/mol. The molecule has 2 aliphatic heterocycles. The molecule has 234 valence electrons. The maximum atomic E-state index is 13.1. The number of carbonyl (C=O) groups is 1. The number of benzene rings is 1. The Bertz CT molecular complexity index is 1300. The predicted octanol–water partition coefficient (Wildman–Crippen LogP) is 7.42.